The Kier molecular flexibility index (Phi) is 7.38. The van der Waals surface area contributed by atoms with Crippen molar-refractivity contribution in [2.75, 3.05) is 28.8 Å². The van der Waals surface area contributed by atoms with E-state index in [2.05, 4.69) is 35.6 Å². The number of benzene rings is 1. The van der Waals surface area contributed by atoms with Crippen LogP contribution in [0.3, 0.4) is 0 Å². The summed E-state index contributed by atoms with van der Waals surface area (Å²) in [7, 11) is -3.63. The maximum atomic E-state index is 13.0. The van der Waals surface area contributed by atoms with Crippen LogP contribution in [0.2, 0.25) is 0 Å². The molecule has 1 aromatic carbocycles. The van der Waals surface area contributed by atoms with Crippen LogP contribution in [0.1, 0.15) is 35.5 Å². The van der Waals surface area contributed by atoms with E-state index in [0.717, 1.165) is 52.2 Å². The van der Waals surface area contributed by atoms with Gasteiger partial charge in [0.2, 0.25) is 0 Å². The van der Waals surface area contributed by atoms with Crippen molar-refractivity contribution in [1.29, 1.82) is 0 Å². The molecule has 1 saturated heterocycles. The summed E-state index contributed by atoms with van der Waals surface area (Å²) < 4.78 is 31.9. The summed E-state index contributed by atoms with van der Waals surface area (Å²) in [5, 5.41) is 4.70. The SMILES string of the molecule is C=CS(=O)(=O)N1CCc2ccc(C(=O)NCc3cc4nc(-c5cccc(N6C[C@@H](C)O[C@@H](C)C6)n5)ccc4cn3)cc21. The van der Waals surface area contributed by atoms with Crippen LogP contribution in [0.25, 0.3) is 22.3 Å². The molecule has 0 radical (unpaired) electrons. The van der Waals surface area contributed by atoms with Gasteiger partial charge in [-0.2, -0.15) is 0 Å². The molecular formula is C31H32N6O4S. The number of morpholine rings is 1. The molecule has 0 spiro atoms. The van der Waals surface area contributed by atoms with Gasteiger partial charge in [-0.25, -0.2) is 18.4 Å². The Bertz CT molecular complexity index is 1780. The topological polar surface area (TPSA) is 118 Å². The fraction of sp³-hybridized carbons (Fsp3) is 0.290. The number of nitrogens with one attached hydrogen (secondary N) is 1. The number of hydrogen-bond donors (Lipinski definition) is 1. The third-order valence-corrected chi connectivity index (χ3v) is 8.93. The minimum absolute atomic E-state index is 0.134. The average Bonchev–Trinajstić information content (AvgIpc) is 3.43. The highest BCUT2D eigenvalue weighted by molar-refractivity contribution is 7.95. The van der Waals surface area contributed by atoms with Crippen molar-refractivity contribution in [1.82, 2.24) is 20.3 Å². The van der Waals surface area contributed by atoms with Gasteiger partial charge in [0.15, 0.2) is 0 Å². The predicted molar refractivity (Wildman–Crippen MR) is 163 cm³/mol. The summed E-state index contributed by atoms with van der Waals surface area (Å²) in [6.45, 7) is 9.64. The molecule has 0 unspecified atom stereocenters. The normalized spacial score (nSPS) is 18.6. The van der Waals surface area contributed by atoms with Gasteiger partial charge in [0.05, 0.1) is 47.0 Å². The van der Waals surface area contributed by atoms with Crippen molar-refractivity contribution in [3.05, 3.63) is 89.6 Å². The maximum absolute atomic E-state index is 13.0. The van der Waals surface area contributed by atoms with Crippen LogP contribution < -0.4 is 14.5 Å². The van der Waals surface area contributed by atoms with Crippen LogP contribution in [0.15, 0.2) is 72.8 Å². The molecule has 1 amide bonds. The molecule has 11 heteroatoms. The van der Waals surface area contributed by atoms with Crippen molar-refractivity contribution in [3.63, 3.8) is 0 Å². The molecule has 2 atom stereocenters. The van der Waals surface area contributed by atoms with Crippen LogP contribution >= 0.6 is 0 Å². The molecule has 0 bridgehead atoms. The van der Waals surface area contributed by atoms with E-state index < -0.39 is 10.0 Å². The molecule has 1 N–H and O–H groups in total. The minimum Gasteiger partial charge on any atom is -0.372 e. The Morgan fingerprint density at radius 2 is 1.86 bits per heavy atom. The molecular weight excluding hydrogens is 552 g/mol. The molecule has 0 aliphatic carbocycles. The van der Waals surface area contributed by atoms with Gasteiger partial charge in [0.25, 0.3) is 15.9 Å². The summed E-state index contributed by atoms with van der Waals surface area (Å²) in [5.74, 6) is 0.573. The van der Waals surface area contributed by atoms with Gasteiger partial charge in [-0.3, -0.25) is 14.1 Å². The highest BCUT2D eigenvalue weighted by Crippen LogP contribution is 2.32. The zero-order chi connectivity index (χ0) is 29.4. The molecule has 0 saturated carbocycles. The van der Waals surface area contributed by atoms with Gasteiger partial charge in [-0.1, -0.05) is 18.7 Å². The number of amides is 1. The quantitative estimate of drug-likeness (QED) is 0.346. The lowest BCUT2D eigenvalue weighted by Gasteiger charge is -2.36. The highest BCUT2D eigenvalue weighted by atomic mass is 32.2. The molecule has 216 valence electrons. The monoisotopic (exact) mass is 584 g/mol. The Labute approximate surface area is 245 Å². The number of aromatic nitrogens is 3. The second-order valence-electron chi connectivity index (χ2n) is 10.7. The average molecular weight is 585 g/mol. The number of hydrogen-bond acceptors (Lipinski definition) is 8. The smallest absolute Gasteiger partial charge is 0.256 e. The summed E-state index contributed by atoms with van der Waals surface area (Å²) in [6, 6.07) is 16.8. The molecule has 42 heavy (non-hydrogen) atoms. The second kappa shape index (κ2) is 11.1. The Morgan fingerprint density at radius 1 is 1.07 bits per heavy atom. The first kappa shape index (κ1) is 27.8. The third-order valence-electron chi connectivity index (χ3n) is 7.52. The van der Waals surface area contributed by atoms with Gasteiger partial charge in [-0.15, -0.1) is 0 Å². The largest absolute Gasteiger partial charge is 0.372 e. The number of nitrogens with zero attached hydrogens (tertiary/aromatic N) is 5. The molecule has 10 nitrogen and oxygen atoms in total. The van der Waals surface area contributed by atoms with Crippen molar-refractivity contribution in [2.45, 2.75) is 39.0 Å². The zero-order valence-electron chi connectivity index (χ0n) is 23.5. The number of carbonyl (C=O) groups excluding carboxylic acids is 1. The lowest BCUT2D eigenvalue weighted by atomic mass is 10.1. The molecule has 6 rings (SSSR count). The lowest BCUT2D eigenvalue weighted by molar-refractivity contribution is -0.00545. The first-order chi connectivity index (χ1) is 20.2. The predicted octanol–water partition coefficient (Wildman–Crippen LogP) is 4.07. The molecule has 4 aromatic rings. The summed E-state index contributed by atoms with van der Waals surface area (Å²) >= 11 is 0. The molecule has 2 aliphatic rings. The summed E-state index contributed by atoms with van der Waals surface area (Å²) in [6.07, 6.45) is 2.60. The van der Waals surface area contributed by atoms with E-state index in [1.54, 1.807) is 24.4 Å². The number of carbonyl (C=O) groups is 1. The fourth-order valence-corrected chi connectivity index (χ4v) is 6.49. The van der Waals surface area contributed by atoms with Crippen LogP contribution in [0.4, 0.5) is 11.5 Å². The lowest BCUT2D eigenvalue weighted by Crippen LogP contribution is -2.45. The second-order valence-corrected chi connectivity index (χ2v) is 12.5. The molecule has 3 aromatic heterocycles. The van der Waals surface area contributed by atoms with Gasteiger partial charge in [0.1, 0.15) is 5.82 Å². The Morgan fingerprint density at radius 3 is 2.64 bits per heavy atom. The van der Waals surface area contributed by atoms with Gasteiger partial charge in [0, 0.05) is 42.2 Å². The van der Waals surface area contributed by atoms with Gasteiger partial charge in [-0.05, 0) is 68.3 Å². The fourth-order valence-electron chi connectivity index (χ4n) is 5.52. The van der Waals surface area contributed by atoms with Crippen LogP contribution in [-0.2, 0) is 27.7 Å². The molecule has 2 aliphatic heterocycles. The number of fused-ring (bicyclic) bond motifs is 2. The van der Waals surface area contributed by atoms with E-state index >= 15 is 0 Å². The number of rotatable bonds is 7. The van der Waals surface area contributed by atoms with E-state index in [9.17, 15) is 13.2 Å². The van der Waals surface area contributed by atoms with Crippen LogP contribution in [0.5, 0.6) is 0 Å². The van der Waals surface area contributed by atoms with Gasteiger partial charge < -0.3 is 15.0 Å². The first-order valence-electron chi connectivity index (χ1n) is 13.9. The van der Waals surface area contributed by atoms with E-state index in [4.69, 9.17) is 14.7 Å². The van der Waals surface area contributed by atoms with Crippen LogP contribution in [-0.4, -0.2) is 61.1 Å². The molecule has 5 heterocycles. The van der Waals surface area contributed by atoms with Crippen molar-refractivity contribution in [3.8, 4) is 11.4 Å². The highest BCUT2D eigenvalue weighted by Gasteiger charge is 2.28. The number of sulfonamides is 1. The standard InChI is InChI=1S/C31H32N6O4S/c1-4-42(39,40)37-13-12-22-8-9-23(14-29(22)37)31(38)33-17-25-15-28-24(16-32-25)10-11-27(34-28)26-6-5-7-30(35-26)36-18-20(2)41-21(3)19-36/h4-11,14-16,20-21H,1,12-13,17-19H2,2-3H3,(H,33,38)/t20-,21+. The third kappa shape index (κ3) is 5.57. The number of pyridine rings is 3. The summed E-state index contributed by atoms with van der Waals surface area (Å²) in [4.78, 5) is 29.5. The Balaban J connectivity index is 1.18. The van der Waals surface area contributed by atoms with E-state index in [1.165, 1.54) is 4.31 Å². The molecule has 1 fully saturated rings. The van der Waals surface area contributed by atoms with Crippen molar-refractivity contribution in [2.24, 2.45) is 0 Å². The van der Waals surface area contributed by atoms with Crippen LogP contribution in [0, 0.1) is 0 Å². The maximum Gasteiger partial charge on any atom is 0.256 e. The van der Waals surface area contributed by atoms with Gasteiger partial charge >= 0.3 is 0 Å². The number of anilines is 2. The Hall–Kier alpha value is -4.35. The summed E-state index contributed by atoms with van der Waals surface area (Å²) in [5.41, 5.74) is 4.68. The first-order valence-corrected chi connectivity index (χ1v) is 15.4. The minimum atomic E-state index is -3.63. The van der Waals surface area contributed by atoms with E-state index in [0.29, 0.717) is 29.9 Å². The van der Waals surface area contributed by atoms with E-state index in [-0.39, 0.29) is 24.7 Å². The van der Waals surface area contributed by atoms with E-state index in [1.807, 2.05) is 36.4 Å². The van der Waals surface area contributed by atoms with Crippen molar-refractivity contribution >= 4 is 38.3 Å². The number of ether oxygens (including phenoxy) is 1. The zero-order valence-corrected chi connectivity index (χ0v) is 24.3. The van der Waals surface area contributed by atoms with Crippen molar-refractivity contribution < 1.29 is 17.9 Å².